The number of nitrogens with two attached hydrogens (primary N) is 1. The van der Waals surface area contributed by atoms with E-state index in [0.29, 0.717) is 24.0 Å². The highest BCUT2D eigenvalue weighted by Gasteiger charge is 2.08. The van der Waals surface area contributed by atoms with E-state index in [9.17, 15) is 4.21 Å². The molecule has 2 unspecified atom stereocenters. The van der Waals surface area contributed by atoms with E-state index < -0.39 is 10.8 Å². The van der Waals surface area contributed by atoms with E-state index in [0.717, 1.165) is 10.7 Å². The molecule has 80 valence electrons. The fraction of sp³-hybridized carbons (Fsp3) is 0.667. The molecule has 0 saturated heterocycles. The van der Waals surface area contributed by atoms with Crippen LogP contribution in [-0.2, 0) is 16.6 Å². The summed E-state index contributed by atoms with van der Waals surface area (Å²) in [7, 11) is -0.820. The van der Waals surface area contributed by atoms with Crippen LogP contribution >= 0.6 is 11.3 Å². The summed E-state index contributed by atoms with van der Waals surface area (Å²) < 4.78 is 11.6. The highest BCUT2D eigenvalue weighted by atomic mass is 32.2. The van der Waals surface area contributed by atoms with Gasteiger partial charge in [0.05, 0.1) is 5.75 Å². The molecule has 5 heteroatoms. The Kier molecular flexibility index (Phi) is 4.71. The lowest BCUT2D eigenvalue weighted by molar-refractivity contribution is 0.640. The highest BCUT2D eigenvalue weighted by Crippen LogP contribution is 2.12. The minimum atomic E-state index is -0.820. The molecule has 0 aliphatic rings. The normalized spacial score (nSPS) is 15.4. The lowest BCUT2D eigenvalue weighted by Crippen LogP contribution is -2.18. The fourth-order valence-corrected chi connectivity index (χ4v) is 3.50. The van der Waals surface area contributed by atoms with E-state index in [4.69, 9.17) is 5.73 Å². The molecule has 1 rings (SSSR count). The predicted molar refractivity (Wildman–Crippen MR) is 61.8 cm³/mol. The number of rotatable bonds is 5. The Morgan fingerprint density at radius 2 is 2.43 bits per heavy atom. The summed E-state index contributed by atoms with van der Waals surface area (Å²) in [5, 5.41) is 2.95. The van der Waals surface area contributed by atoms with Crippen molar-refractivity contribution >= 4 is 22.1 Å². The molecule has 3 nitrogen and oxygen atoms in total. The third-order valence-corrected chi connectivity index (χ3v) is 4.51. The van der Waals surface area contributed by atoms with E-state index in [1.54, 1.807) is 11.3 Å². The van der Waals surface area contributed by atoms with E-state index in [1.165, 1.54) is 0 Å². The zero-order valence-corrected chi connectivity index (χ0v) is 10.2. The van der Waals surface area contributed by atoms with Gasteiger partial charge in [0.2, 0.25) is 0 Å². The van der Waals surface area contributed by atoms with Gasteiger partial charge < -0.3 is 5.73 Å². The van der Waals surface area contributed by atoms with Crippen LogP contribution < -0.4 is 5.73 Å². The van der Waals surface area contributed by atoms with Crippen molar-refractivity contribution < 1.29 is 4.21 Å². The van der Waals surface area contributed by atoms with Gasteiger partial charge in [-0.2, -0.15) is 0 Å². The lowest BCUT2D eigenvalue weighted by atomic mass is 10.2. The summed E-state index contributed by atoms with van der Waals surface area (Å²) >= 11 is 1.58. The molecule has 2 atom stereocenters. The second-order valence-electron chi connectivity index (χ2n) is 3.47. The molecule has 1 heterocycles. The van der Waals surface area contributed by atoms with Gasteiger partial charge in [-0.1, -0.05) is 6.92 Å². The second kappa shape index (κ2) is 5.58. The first kappa shape index (κ1) is 11.8. The first-order valence-corrected chi connectivity index (χ1v) is 6.94. The molecule has 0 radical (unpaired) electrons. The molecule has 0 fully saturated rings. The predicted octanol–water partition coefficient (Wildman–Crippen LogP) is 1.30. The molecular formula is C9H16N2OS2. The molecule has 0 saturated carbocycles. The van der Waals surface area contributed by atoms with Crippen molar-refractivity contribution in [3.8, 4) is 0 Å². The summed E-state index contributed by atoms with van der Waals surface area (Å²) in [6, 6.07) is 0. The molecule has 1 aromatic heterocycles. The van der Waals surface area contributed by atoms with E-state index in [-0.39, 0.29) is 0 Å². The van der Waals surface area contributed by atoms with Gasteiger partial charge in [-0.3, -0.25) is 4.21 Å². The van der Waals surface area contributed by atoms with E-state index in [1.807, 2.05) is 19.2 Å². The van der Waals surface area contributed by atoms with Crippen molar-refractivity contribution in [2.24, 2.45) is 11.7 Å². The Bertz CT molecular complexity index is 312. The molecule has 14 heavy (non-hydrogen) atoms. The van der Waals surface area contributed by atoms with Crippen LogP contribution in [0.15, 0.2) is 5.38 Å². The Morgan fingerprint density at radius 3 is 2.93 bits per heavy atom. The van der Waals surface area contributed by atoms with Gasteiger partial charge in [0.25, 0.3) is 0 Å². The summed E-state index contributed by atoms with van der Waals surface area (Å²) in [5.74, 6) is 1.58. The van der Waals surface area contributed by atoms with Crippen LogP contribution in [0.4, 0.5) is 0 Å². The van der Waals surface area contributed by atoms with Gasteiger partial charge in [0.1, 0.15) is 5.01 Å². The third kappa shape index (κ3) is 3.86. The van der Waals surface area contributed by atoms with Gasteiger partial charge in [-0.05, 0) is 19.4 Å². The largest absolute Gasteiger partial charge is 0.330 e. The Hall–Kier alpha value is -0.260. The van der Waals surface area contributed by atoms with Crippen LogP contribution in [0.2, 0.25) is 0 Å². The van der Waals surface area contributed by atoms with Gasteiger partial charge in [-0.25, -0.2) is 4.98 Å². The third-order valence-electron chi connectivity index (χ3n) is 1.82. The maximum atomic E-state index is 11.6. The maximum absolute atomic E-state index is 11.6. The molecule has 0 aromatic carbocycles. The maximum Gasteiger partial charge on any atom is 0.105 e. The summed E-state index contributed by atoms with van der Waals surface area (Å²) in [6.07, 6.45) is 0. The van der Waals surface area contributed by atoms with Gasteiger partial charge in [-0.15, -0.1) is 11.3 Å². The molecule has 0 bridgehead atoms. The van der Waals surface area contributed by atoms with Gasteiger partial charge in [0, 0.05) is 27.6 Å². The Labute approximate surface area is 91.2 Å². The average Bonchev–Trinajstić information content (AvgIpc) is 2.50. The van der Waals surface area contributed by atoms with Crippen molar-refractivity contribution in [3.63, 3.8) is 0 Å². The minimum Gasteiger partial charge on any atom is -0.330 e. The second-order valence-corrected chi connectivity index (χ2v) is 5.92. The first-order chi connectivity index (χ1) is 6.61. The molecule has 0 spiro atoms. The fourth-order valence-electron chi connectivity index (χ4n) is 1.05. The number of hydrogen-bond acceptors (Lipinski definition) is 4. The van der Waals surface area contributed by atoms with Gasteiger partial charge in [0.15, 0.2) is 0 Å². The van der Waals surface area contributed by atoms with Crippen molar-refractivity contribution in [3.05, 3.63) is 16.1 Å². The number of hydrogen-bond donors (Lipinski definition) is 1. The van der Waals surface area contributed by atoms with Crippen molar-refractivity contribution in [2.45, 2.75) is 19.6 Å². The van der Waals surface area contributed by atoms with Crippen molar-refractivity contribution in [2.75, 3.05) is 12.3 Å². The number of aryl methyl sites for hydroxylation is 1. The monoisotopic (exact) mass is 232 g/mol. The Morgan fingerprint density at radius 1 is 1.71 bits per heavy atom. The topological polar surface area (TPSA) is 56.0 Å². The molecule has 0 aliphatic heterocycles. The summed E-state index contributed by atoms with van der Waals surface area (Å²) in [4.78, 5) is 4.28. The van der Waals surface area contributed by atoms with Crippen LogP contribution in [0, 0.1) is 12.8 Å². The zero-order chi connectivity index (χ0) is 10.6. The number of thiazole rings is 1. The minimum absolute atomic E-state index is 0.330. The summed E-state index contributed by atoms with van der Waals surface area (Å²) in [5.41, 5.74) is 6.48. The quantitative estimate of drug-likeness (QED) is 0.832. The van der Waals surface area contributed by atoms with Crippen molar-refractivity contribution in [1.29, 1.82) is 0 Å². The SMILES string of the molecule is Cc1csc(CS(=O)CC(C)CN)n1. The van der Waals surface area contributed by atoms with Crippen LogP contribution in [0.1, 0.15) is 17.6 Å². The number of aromatic nitrogens is 1. The molecular weight excluding hydrogens is 216 g/mol. The van der Waals surface area contributed by atoms with Crippen LogP contribution in [-0.4, -0.2) is 21.5 Å². The van der Waals surface area contributed by atoms with Gasteiger partial charge >= 0.3 is 0 Å². The molecule has 1 aromatic rings. The molecule has 2 N–H and O–H groups in total. The Balaban J connectivity index is 2.41. The summed E-state index contributed by atoms with van der Waals surface area (Å²) in [6.45, 7) is 4.57. The highest BCUT2D eigenvalue weighted by molar-refractivity contribution is 7.84. The van der Waals surface area contributed by atoms with E-state index in [2.05, 4.69) is 4.98 Å². The van der Waals surface area contributed by atoms with Crippen molar-refractivity contribution in [1.82, 2.24) is 4.98 Å². The average molecular weight is 232 g/mol. The molecule has 0 amide bonds. The molecule has 0 aliphatic carbocycles. The lowest BCUT2D eigenvalue weighted by Gasteiger charge is -2.06. The first-order valence-electron chi connectivity index (χ1n) is 4.58. The standard InChI is InChI=1S/C9H16N2OS2/c1-7(3-10)5-14(12)6-9-11-8(2)4-13-9/h4,7H,3,5-6,10H2,1-2H3. The van der Waals surface area contributed by atoms with Crippen LogP contribution in [0.3, 0.4) is 0 Å². The smallest absolute Gasteiger partial charge is 0.105 e. The zero-order valence-electron chi connectivity index (χ0n) is 8.53. The van der Waals surface area contributed by atoms with Crippen LogP contribution in [0.5, 0.6) is 0 Å². The van der Waals surface area contributed by atoms with Crippen LogP contribution in [0.25, 0.3) is 0 Å². The number of nitrogens with zero attached hydrogens (tertiary/aromatic N) is 1. The van der Waals surface area contributed by atoms with E-state index >= 15 is 0 Å².